The van der Waals surface area contributed by atoms with Crippen molar-refractivity contribution in [2.75, 3.05) is 13.1 Å². The molecule has 19 heavy (non-hydrogen) atoms. The SMILES string of the molecule is Cc1noc([C@H]2[C@@H]3CN(C(=O)OC(C)(C)C)C[C@@H]32)n1. The van der Waals surface area contributed by atoms with Crippen LogP contribution in [0.4, 0.5) is 4.79 Å². The molecule has 0 aromatic carbocycles. The molecule has 1 saturated carbocycles. The van der Waals surface area contributed by atoms with Crippen LogP contribution in [0.15, 0.2) is 4.52 Å². The first-order valence-corrected chi connectivity index (χ1v) is 6.63. The fourth-order valence-corrected chi connectivity index (χ4v) is 2.82. The Morgan fingerprint density at radius 3 is 2.47 bits per heavy atom. The highest BCUT2D eigenvalue weighted by atomic mass is 16.6. The summed E-state index contributed by atoms with van der Waals surface area (Å²) in [6, 6.07) is 0. The van der Waals surface area contributed by atoms with E-state index in [4.69, 9.17) is 9.26 Å². The first-order valence-electron chi connectivity index (χ1n) is 6.63. The topological polar surface area (TPSA) is 68.5 Å². The number of hydrogen-bond donors (Lipinski definition) is 0. The molecule has 0 spiro atoms. The predicted molar refractivity (Wildman–Crippen MR) is 66.6 cm³/mol. The minimum Gasteiger partial charge on any atom is -0.444 e. The van der Waals surface area contributed by atoms with Crippen molar-refractivity contribution < 1.29 is 14.1 Å². The number of likely N-dealkylation sites (tertiary alicyclic amines) is 1. The number of fused-ring (bicyclic) bond motifs is 1. The van der Waals surface area contributed by atoms with Crippen molar-refractivity contribution in [2.24, 2.45) is 11.8 Å². The summed E-state index contributed by atoms with van der Waals surface area (Å²) in [6.07, 6.45) is -0.222. The standard InChI is InChI=1S/C13H19N3O3/c1-7-14-11(19-15-7)10-8-5-16(6-9(8)10)12(17)18-13(2,3)4/h8-10H,5-6H2,1-4H3/t8-,9+,10+. The number of ether oxygens (including phenoxy) is 1. The van der Waals surface area contributed by atoms with Gasteiger partial charge in [0.15, 0.2) is 5.82 Å². The molecule has 0 unspecified atom stereocenters. The molecule has 0 N–H and O–H groups in total. The van der Waals surface area contributed by atoms with Gasteiger partial charge in [-0.1, -0.05) is 5.16 Å². The highest BCUT2D eigenvalue weighted by molar-refractivity contribution is 5.69. The second kappa shape index (κ2) is 3.95. The van der Waals surface area contributed by atoms with Gasteiger partial charge in [0.2, 0.25) is 5.89 Å². The predicted octanol–water partition coefficient (Wildman–Crippen LogP) is 1.96. The molecule has 3 rings (SSSR count). The first-order chi connectivity index (χ1) is 8.85. The lowest BCUT2D eigenvalue weighted by atomic mass is 10.2. The van der Waals surface area contributed by atoms with Crippen molar-refractivity contribution in [3.63, 3.8) is 0 Å². The molecule has 0 radical (unpaired) electrons. The summed E-state index contributed by atoms with van der Waals surface area (Å²) in [5.74, 6) is 2.62. The molecule has 2 fully saturated rings. The van der Waals surface area contributed by atoms with Crippen LogP contribution >= 0.6 is 0 Å². The number of carbonyl (C=O) groups excluding carboxylic acids is 1. The van der Waals surface area contributed by atoms with E-state index in [1.54, 1.807) is 4.90 Å². The molecule has 2 heterocycles. The second-order valence-electron chi connectivity index (χ2n) is 6.42. The maximum absolute atomic E-state index is 11.9. The molecule has 1 aromatic rings. The van der Waals surface area contributed by atoms with Crippen molar-refractivity contribution in [2.45, 2.75) is 39.2 Å². The van der Waals surface area contributed by atoms with Gasteiger partial charge in [0.25, 0.3) is 0 Å². The lowest BCUT2D eigenvalue weighted by Crippen LogP contribution is -2.36. The molecule has 1 aromatic heterocycles. The zero-order valence-corrected chi connectivity index (χ0v) is 11.7. The Kier molecular flexibility index (Phi) is 2.59. The van der Waals surface area contributed by atoms with Crippen molar-refractivity contribution >= 4 is 6.09 Å². The van der Waals surface area contributed by atoms with Gasteiger partial charge >= 0.3 is 6.09 Å². The first kappa shape index (κ1) is 12.4. The minimum atomic E-state index is -0.438. The number of piperidine rings is 1. The van der Waals surface area contributed by atoms with Crippen LogP contribution in [-0.2, 0) is 4.74 Å². The third-order valence-electron chi connectivity index (χ3n) is 3.67. The minimum absolute atomic E-state index is 0.222. The fraction of sp³-hybridized carbons (Fsp3) is 0.769. The van der Waals surface area contributed by atoms with E-state index in [0.717, 1.165) is 19.0 Å². The Bertz CT molecular complexity index is 493. The van der Waals surface area contributed by atoms with Gasteiger partial charge in [-0.2, -0.15) is 4.98 Å². The Morgan fingerprint density at radius 2 is 2.00 bits per heavy atom. The number of hydrogen-bond acceptors (Lipinski definition) is 5. The lowest BCUT2D eigenvalue weighted by molar-refractivity contribution is 0.0269. The van der Waals surface area contributed by atoms with Crippen LogP contribution in [0.5, 0.6) is 0 Å². The van der Waals surface area contributed by atoms with Gasteiger partial charge in [-0.3, -0.25) is 0 Å². The van der Waals surface area contributed by atoms with Crippen LogP contribution in [0, 0.1) is 18.8 Å². The molecule has 3 atom stereocenters. The fourth-order valence-electron chi connectivity index (χ4n) is 2.82. The summed E-state index contributed by atoms with van der Waals surface area (Å²) in [4.78, 5) is 18.0. The van der Waals surface area contributed by atoms with Crippen LogP contribution in [0.1, 0.15) is 38.4 Å². The summed E-state index contributed by atoms with van der Waals surface area (Å²) in [7, 11) is 0. The van der Waals surface area contributed by atoms with Crippen molar-refractivity contribution in [3.05, 3.63) is 11.7 Å². The summed E-state index contributed by atoms with van der Waals surface area (Å²) in [6.45, 7) is 8.92. The number of aryl methyl sites for hydroxylation is 1. The van der Waals surface area contributed by atoms with Crippen LogP contribution < -0.4 is 0 Å². The normalized spacial score (nSPS) is 29.3. The van der Waals surface area contributed by atoms with E-state index >= 15 is 0 Å². The van der Waals surface area contributed by atoms with Gasteiger partial charge in [0.05, 0.1) is 0 Å². The van der Waals surface area contributed by atoms with Crippen molar-refractivity contribution in [1.29, 1.82) is 0 Å². The Labute approximate surface area is 112 Å². The molecule has 1 saturated heterocycles. The molecule has 0 bridgehead atoms. The molecule has 1 amide bonds. The van der Waals surface area contributed by atoms with Crippen LogP contribution in [0.25, 0.3) is 0 Å². The summed E-state index contributed by atoms with van der Waals surface area (Å²) in [5, 5.41) is 3.82. The second-order valence-corrected chi connectivity index (χ2v) is 6.42. The molecular weight excluding hydrogens is 246 g/mol. The Balaban J connectivity index is 1.57. The summed E-state index contributed by atoms with van der Waals surface area (Å²) < 4.78 is 10.6. The molecule has 1 aliphatic heterocycles. The van der Waals surface area contributed by atoms with Gasteiger partial charge in [0, 0.05) is 19.0 Å². The van der Waals surface area contributed by atoms with Crippen molar-refractivity contribution in [3.8, 4) is 0 Å². The highest BCUT2D eigenvalue weighted by Crippen LogP contribution is 2.57. The summed E-state index contributed by atoms with van der Waals surface area (Å²) >= 11 is 0. The average Bonchev–Trinajstić information content (AvgIpc) is 2.67. The zero-order chi connectivity index (χ0) is 13.8. The summed E-state index contributed by atoms with van der Waals surface area (Å²) in [5.41, 5.74) is -0.438. The van der Waals surface area contributed by atoms with Crippen LogP contribution in [-0.4, -0.2) is 39.8 Å². The van der Waals surface area contributed by atoms with E-state index < -0.39 is 5.60 Å². The maximum atomic E-state index is 11.9. The Hall–Kier alpha value is -1.59. The molecule has 6 heteroatoms. The van der Waals surface area contributed by atoms with E-state index in [9.17, 15) is 4.79 Å². The monoisotopic (exact) mass is 265 g/mol. The van der Waals surface area contributed by atoms with Gasteiger partial charge in [-0.15, -0.1) is 0 Å². The van der Waals surface area contributed by atoms with Crippen LogP contribution in [0.2, 0.25) is 0 Å². The smallest absolute Gasteiger partial charge is 0.410 e. The van der Waals surface area contributed by atoms with E-state index in [0.29, 0.717) is 23.6 Å². The third kappa shape index (κ3) is 2.31. The number of aromatic nitrogens is 2. The molecule has 104 valence electrons. The average molecular weight is 265 g/mol. The number of carbonyl (C=O) groups is 1. The Morgan fingerprint density at radius 1 is 1.37 bits per heavy atom. The van der Waals surface area contributed by atoms with E-state index in [-0.39, 0.29) is 6.09 Å². The number of rotatable bonds is 1. The van der Waals surface area contributed by atoms with Crippen molar-refractivity contribution in [1.82, 2.24) is 15.0 Å². The quantitative estimate of drug-likeness (QED) is 0.776. The van der Waals surface area contributed by atoms with Crippen LogP contribution in [0.3, 0.4) is 0 Å². The van der Waals surface area contributed by atoms with E-state index in [1.807, 2.05) is 27.7 Å². The van der Waals surface area contributed by atoms with E-state index in [1.165, 1.54) is 0 Å². The molecule has 2 aliphatic rings. The zero-order valence-electron chi connectivity index (χ0n) is 11.7. The third-order valence-corrected chi connectivity index (χ3v) is 3.67. The molecule has 6 nitrogen and oxygen atoms in total. The van der Waals surface area contributed by atoms with Gasteiger partial charge in [-0.05, 0) is 39.5 Å². The van der Waals surface area contributed by atoms with E-state index in [2.05, 4.69) is 10.1 Å². The van der Waals surface area contributed by atoms with Gasteiger partial charge in [0.1, 0.15) is 5.60 Å². The highest BCUT2D eigenvalue weighted by Gasteiger charge is 2.60. The maximum Gasteiger partial charge on any atom is 0.410 e. The molecular formula is C13H19N3O3. The van der Waals surface area contributed by atoms with Gasteiger partial charge in [-0.25, -0.2) is 4.79 Å². The number of nitrogens with zero attached hydrogens (tertiary/aromatic N) is 3. The molecule has 1 aliphatic carbocycles. The largest absolute Gasteiger partial charge is 0.444 e. The lowest BCUT2D eigenvalue weighted by Gasteiger charge is -2.25. The van der Waals surface area contributed by atoms with Gasteiger partial charge < -0.3 is 14.2 Å². The number of amides is 1.